The van der Waals surface area contributed by atoms with Crippen LogP contribution in [0.4, 0.5) is 5.69 Å². The number of anilines is 1. The first-order valence-corrected chi connectivity index (χ1v) is 6.70. The van der Waals surface area contributed by atoms with Gasteiger partial charge in [-0.2, -0.15) is 0 Å². The van der Waals surface area contributed by atoms with E-state index in [2.05, 4.69) is 58.5 Å². The van der Waals surface area contributed by atoms with Gasteiger partial charge < -0.3 is 5.32 Å². The molecular formula is C14H18BrN. The maximum atomic E-state index is 3.56. The SMILES string of the molecule is Cc1cc(Br)ccc1NCC1CC=CCC1. The Labute approximate surface area is 106 Å². The molecule has 2 rings (SSSR count). The third kappa shape index (κ3) is 3.11. The van der Waals surface area contributed by atoms with Crippen LogP contribution in [-0.2, 0) is 0 Å². The van der Waals surface area contributed by atoms with E-state index in [1.54, 1.807) is 0 Å². The average molecular weight is 280 g/mol. The molecule has 1 aliphatic rings. The third-order valence-corrected chi connectivity index (χ3v) is 3.64. The minimum atomic E-state index is 0.799. The van der Waals surface area contributed by atoms with E-state index in [1.165, 1.54) is 30.5 Å². The average Bonchev–Trinajstić information content (AvgIpc) is 2.29. The molecule has 0 amide bonds. The fourth-order valence-electron chi connectivity index (χ4n) is 2.12. The van der Waals surface area contributed by atoms with E-state index >= 15 is 0 Å². The van der Waals surface area contributed by atoms with Crippen LogP contribution in [0.3, 0.4) is 0 Å². The molecular weight excluding hydrogens is 262 g/mol. The molecule has 0 bridgehead atoms. The number of nitrogens with one attached hydrogen (secondary N) is 1. The van der Waals surface area contributed by atoms with Crippen LogP contribution in [0, 0.1) is 12.8 Å². The second-order valence-corrected chi connectivity index (χ2v) is 5.41. The summed E-state index contributed by atoms with van der Waals surface area (Å²) in [6.45, 7) is 3.24. The highest BCUT2D eigenvalue weighted by Crippen LogP contribution is 2.22. The number of aryl methyl sites for hydroxylation is 1. The molecule has 1 aliphatic carbocycles. The Kier molecular flexibility index (Phi) is 4.05. The molecule has 0 heterocycles. The van der Waals surface area contributed by atoms with Crippen LogP contribution in [0.15, 0.2) is 34.8 Å². The summed E-state index contributed by atoms with van der Waals surface area (Å²) in [5.74, 6) is 0.799. The van der Waals surface area contributed by atoms with Gasteiger partial charge >= 0.3 is 0 Å². The summed E-state index contributed by atoms with van der Waals surface area (Å²) < 4.78 is 1.15. The maximum absolute atomic E-state index is 3.56. The highest BCUT2D eigenvalue weighted by atomic mass is 79.9. The zero-order valence-electron chi connectivity index (χ0n) is 9.67. The quantitative estimate of drug-likeness (QED) is 0.802. The second-order valence-electron chi connectivity index (χ2n) is 4.49. The third-order valence-electron chi connectivity index (χ3n) is 3.15. The van der Waals surface area contributed by atoms with Crippen LogP contribution >= 0.6 is 15.9 Å². The Bertz CT molecular complexity index is 384. The number of benzene rings is 1. The van der Waals surface area contributed by atoms with Gasteiger partial charge in [-0.25, -0.2) is 0 Å². The number of halogens is 1. The topological polar surface area (TPSA) is 12.0 Å². The highest BCUT2D eigenvalue weighted by Gasteiger charge is 2.09. The van der Waals surface area contributed by atoms with Gasteiger partial charge in [-0.1, -0.05) is 28.1 Å². The maximum Gasteiger partial charge on any atom is 0.0370 e. The van der Waals surface area contributed by atoms with Crippen LogP contribution in [0.2, 0.25) is 0 Å². The van der Waals surface area contributed by atoms with Gasteiger partial charge in [0.05, 0.1) is 0 Å². The summed E-state index contributed by atoms with van der Waals surface area (Å²) in [6.07, 6.45) is 8.39. The van der Waals surface area contributed by atoms with Crippen molar-refractivity contribution >= 4 is 21.6 Å². The van der Waals surface area contributed by atoms with E-state index in [1.807, 2.05) is 0 Å². The lowest BCUT2D eigenvalue weighted by molar-refractivity contribution is 0.504. The summed E-state index contributed by atoms with van der Waals surface area (Å²) in [4.78, 5) is 0. The first kappa shape index (κ1) is 11.7. The molecule has 1 unspecified atom stereocenters. The lowest BCUT2D eigenvalue weighted by Gasteiger charge is -2.19. The predicted octanol–water partition coefficient (Wildman–Crippen LogP) is 4.53. The van der Waals surface area contributed by atoms with Gasteiger partial charge in [-0.15, -0.1) is 0 Å². The number of allylic oxidation sites excluding steroid dienone is 2. The monoisotopic (exact) mass is 279 g/mol. The predicted molar refractivity (Wildman–Crippen MR) is 73.8 cm³/mol. The minimum Gasteiger partial charge on any atom is -0.385 e. The van der Waals surface area contributed by atoms with Gasteiger partial charge in [0.1, 0.15) is 0 Å². The van der Waals surface area contributed by atoms with Crippen molar-refractivity contribution in [2.45, 2.75) is 26.2 Å². The molecule has 1 nitrogen and oxygen atoms in total. The molecule has 0 aromatic heterocycles. The summed E-state index contributed by atoms with van der Waals surface area (Å²) in [5.41, 5.74) is 2.57. The highest BCUT2D eigenvalue weighted by molar-refractivity contribution is 9.10. The van der Waals surface area contributed by atoms with Crippen molar-refractivity contribution in [3.05, 3.63) is 40.4 Å². The molecule has 0 saturated heterocycles. The van der Waals surface area contributed by atoms with Crippen molar-refractivity contribution in [1.82, 2.24) is 0 Å². The summed E-state index contributed by atoms with van der Waals surface area (Å²) in [6, 6.07) is 6.40. The Morgan fingerprint density at radius 3 is 2.94 bits per heavy atom. The fourth-order valence-corrected chi connectivity index (χ4v) is 2.60. The van der Waals surface area contributed by atoms with E-state index in [-0.39, 0.29) is 0 Å². The lowest BCUT2D eigenvalue weighted by atomic mass is 9.94. The van der Waals surface area contributed by atoms with Crippen LogP contribution in [0.5, 0.6) is 0 Å². The number of rotatable bonds is 3. The molecule has 16 heavy (non-hydrogen) atoms. The van der Waals surface area contributed by atoms with E-state index in [0.29, 0.717) is 0 Å². The normalized spacial score (nSPS) is 19.8. The van der Waals surface area contributed by atoms with E-state index in [4.69, 9.17) is 0 Å². The van der Waals surface area contributed by atoms with Crippen molar-refractivity contribution < 1.29 is 0 Å². The Hall–Kier alpha value is -0.760. The van der Waals surface area contributed by atoms with E-state index in [0.717, 1.165) is 16.9 Å². The fraction of sp³-hybridized carbons (Fsp3) is 0.429. The molecule has 2 heteroatoms. The van der Waals surface area contributed by atoms with Gasteiger partial charge in [0.25, 0.3) is 0 Å². The van der Waals surface area contributed by atoms with Crippen molar-refractivity contribution in [3.63, 3.8) is 0 Å². The van der Waals surface area contributed by atoms with Crippen molar-refractivity contribution in [3.8, 4) is 0 Å². The molecule has 1 aromatic carbocycles. The Balaban J connectivity index is 1.91. The van der Waals surface area contributed by atoms with Gasteiger partial charge in [-0.05, 0) is 55.9 Å². The molecule has 0 fully saturated rings. The zero-order valence-corrected chi connectivity index (χ0v) is 11.3. The molecule has 1 N–H and O–H groups in total. The van der Waals surface area contributed by atoms with Crippen LogP contribution in [0.1, 0.15) is 24.8 Å². The summed E-state index contributed by atoms with van der Waals surface area (Å²) in [7, 11) is 0. The molecule has 0 saturated carbocycles. The van der Waals surface area contributed by atoms with Gasteiger partial charge in [0.15, 0.2) is 0 Å². The first-order valence-electron chi connectivity index (χ1n) is 5.91. The van der Waals surface area contributed by atoms with E-state index in [9.17, 15) is 0 Å². The molecule has 0 spiro atoms. The zero-order chi connectivity index (χ0) is 11.4. The molecule has 0 radical (unpaired) electrons. The van der Waals surface area contributed by atoms with Crippen molar-refractivity contribution in [2.75, 3.05) is 11.9 Å². The van der Waals surface area contributed by atoms with Gasteiger partial charge in [-0.3, -0.25) is 0 Å². The van der Waals surface area contributed by atoms with Crippen LogP contribution in [-0.4, -0.2) is 6.54 Å². The first-order chi connectivity index (χ1) is 7.75. The van der Waals surface area contributed by atoms with E-state index < -0.39 is 0 Å². The molecule has 0 aliphatic heterocycles. The summed E-state index contributed by atoms with van der Waals surface area (Å²) in [5, 5.41) is 3.56. The molecule has 1 atom stereocenters. The van der Waals surface area contributed by atoms with Gasteiger partial charge in [0, 0.05) is 16.7 Å². The largest absolute Gasteiger partial charge is 0.385 e. The number of hydrogen-bond acceptors (Lipinski definition) is 1. The standard InChI is InChI=1S/C14H18BrN/c1-11-9-13(15)7-8-14(11)16-10-12-5-3-2-4-6-12/h2-3,7-9,12,16H,4-6,10H2,1H3. The van der Waals surface area contributed by atoms with Crippen molar-refractivity contribution in [1.29, 1.82) is 0 Å². The molecule has 1 aromatic rings. The lowest BCUT2D eigenvalue weighted by Crippen LogP contribution is -2.15. The molecule has 86 valence electrons. The second kappa shape index (κ2) is 5.53. The van der Waals surface area contributed by atoms with Crippen LogP contribution in [0.25, 0.3) is 0 Å². The Morgan fingerprint density at radius 2 is 2.25 bits per heavy atom. The smallest absolute Gasteiger partial charge is 0.0370 e. The summed E-state index contributed by atoms with van der Waals surface area (Å²) >= 11 is 3.49. The Morgan fingerprint density at radius 1 is 1.38 bits per heavy atom. The van der Waals surface area contributed by atoms with Crippen molar-refractivity contribution in [2.24, 2.45) is 5.92 Å². The van der Waals surface area contributed by atoms with Gasteiger partial charge in [0.2, 0.25) is 0 Å². The minimum absolute atomic E-state index is 0.799. The van der Waals surface area contributed by atoms with Crippen LogP contribution < -0.4 is 5.32 Å². The number of hydrogen-bond donors (Lipinski definition) is 1.